The molecule has 0 unspecified atom stereocenters. The molecule has 0 aliphatic rings. The lowest BCUT2D eigenvalue weighted by atomic mass is 10.2. The van der Waals surface area contributed by atoms with Crippen LogP contribution in [-0.2, 0) is 16.6 Å². The Morgan fingerprint density at radius 2 is 1.72 bits per heavy atom. The second-order valence-corrected chi connectivity index (χ2v) is 7.83. The number of benzene rings is 3. The van der Waals surface area contributed by atoms with Crippen molar-refractivity contribution >= 4 is 21.6 Å². The van der Waals surface area contributed by atoms with Gasteiger partial charge in [-0.25, -0.2) is 12.8 Å². The van der Waals surface area contributed by atoms with E-state index in [9.17, 15) is 17.6 Å². The Bertz CT molecular complexity index is 1120. The van der Waals surface area contributed by atoms with Crippen molar-refractivity contribution in [1.29, 1.82) is 0 Å². The van der Waals surface area contributed by atoms with E-state index >= 15 is 0 Å². The predicted octanol–water partition coefficient (Wildman–Crippen LogP) is 3.57. The molecule has 0 radical (unpaired) electrons. The second kappa shape index (κ2) is 8.74. The Morgan fingerprint density at radius 3 is 2.41 bits per heavy atom. The fourth-order valence-electron chi connectivity index (χ4n) is 2.58. The minimum atomic E-state index is -4.05. The highest BCUT2D eigenvalue weighted by molar-refractivity contribution is 7.92. The summed E-state index contributed by atoms with van der Waals surface area (Å²) in [5, 5.41) is 2.74. The average molecular weight is 414 g/mol. The van der Waals surface area contributed by atoms with Crippen molar-refractivity contribution in [1.82, 2.24) is 5.32 Å². The quantitative estimate of drug-likeness (QED) is 0.619. The fourth-order valence-corrected chi connectivity index (χ4v) is 3.69. The summed E-state index contributed by atoms with van der Waals surface area (Å²) >= 11 is 0. The van der Waals surface area contributed by atoms with E-state index < -0.39 is 21.7 Å². The standard InChI is InChI=1S/C21H19FN2O4S/c1-28-17-11-9-15(10-12-17)14-23-21(25)16-5-4-6-18(13-16)29(26,27)24-20-8-3-2-7-19(20)22/h2-13,24H,14H2,1H3,(H,23,25). The predicted molar refractivity (Wildman–Crippen MR) is 108 cm³/mol. The van der Waals surface area contributed by atoms with Gasteiger partial charge in [0.15, 0.2) is 0 Å². The summed E-state index contributed by atoms with van der Waals surface area (Å²) in [5.74, 6) is -0.409. The third kappa shape index (κ3) is 5.11. The van der Waals surface area contributed by atoms with E-state index in [1.54, 1.807) is 19.2 Å². The lowest BCUT2D eigenvalue weighted by Gasteiger charge is -2.10. The molecule has 6 nitrogen and oxygen atoms in total. The van der Waals surface area contributed by atoms with Gasteiger partial charge >= 0.3 is 0 Å². The number of carbonyl (C=O) groups excluding carboxylic acids is 1. The summed E-state index contributed by atoms with van der Waals surface area (Å²) in [4.78, 5) is 12.3. The molecule has 3 rings (SSSR count). The number of ether oxygens (including phenoxy) is 1. The maximum Gasteiger partial charge on any atom is 0.262 e. The molecule has 0 aliphatic carbocycles. The highest BCUT2D eigenvalue weighted by atomic mass is 32.2. The Labute approximate surface area is 168 Å². The van der Waals surface area contributed by atoms with Crippen LogP contribution < -0.4 is 14.8 Å². The summed E-state index contributed by atoms with van der Waals surface area (Å²) in [6.45, 7) is 0.271. The smallest absolute Gasteiger partial charge is 0.262 e. The van der Waals surface area contributed by atoms with Crippen LogP contribution >= 0.6 is 0 Å². The molecule has 0 spiro atoms. The van der Waals surface area contributed by atoms with Crippen molar-refractivity contribution < 1.29 is 22.3 Å². The van der Waals surface area contributed by atoms with E-state index in [0.29, 0.717) is 5.75 Å². The lowest BCUT2D eigenvalue weighted by molar-refractivity contribution is 0.0950. The lowest BCUT2D eigenvalue weighted by Crippen LogP contribution is -2.23. The molecule has 0 saturated carbocycles. The molecule has 150 valence electrons. The van der Waals surface area contributed by atoms with Crippen LogP contribution in [0.3, 0.4) is 0 Å². The zero-order chi connectivity index (χ0) is 20.9. The number of sulfonamides is 1. The third-order valence-corrected chi connectivity index (χ3v) is 5.50. The average Bonchev–Trinajstić information content (AvgIpc) is 2.74. The summed E-state index contributed by atoms with van der Waals surface area (Å²) in [6, 6.07) is 18.2. The van der Waals surface area contributed by atoms with Crippen LogP contribution in [0.2, 0.25) is 0 Å². The van der Waals surface area contributed by atoms with Crippen LogP contribution in [0, 0.1) is 5.82 Å². The first-order chi connectivity index (χ1) is 13.9. The number of carbonyl (C=O) groups is 1. The maximum atomic E-state index is 13.8. The van der Waals surface area contributed by atoms with E-state index in [0.717, 1.165) is 11.6 Å². The monoisotopic (exact) mass is 414 g/mol. The van der Waals surface area contributed by atoms with Gasteiger partial charge in [-0.15, -0.1) is 0 Å². The zero-order valence-electron chi connectivity index (χ0n) is 15.6. The number of hydrogen-bond donors (Lipinski definition) is 2. The molecule has 1 amide bonds. The van der Waals surface area contributed by atoms with Crippen LogP contribution in [0.1, 0.15) is 15.9 Å². The van der Waals surface area contributed by atoms with Crippen LogP contribution in [-0.4, -0.2) is 21.4 Å². The number of rotatable bonds is 7. The Balaban J connectivity index is 1.72. The first kappa shape index (κ1) is 20.3. The van der Waals surface area contributed by atoms with E-state index in [4.69, 9.17) is 4.74 Å². The third-order valence-electron chi connectivity index (χ3n) is 4.14. The van der Waals surface area contributed by atoms with Gasteiger partial charge in [-0.3, -0.25) is 9.52 Å². The van der Waals surface area contributed by atoms with Crippen molar-refractivity contribution in [3.63, 3.8) is 0 Å². The summed E-state index contributed by atoms with van der Waals surface area (Å²) in [6.07, 6.45) is 0. The highest BCUT2D eigenvalue weighted by Crippen LogP contribution is 2.19. The van der Waals surface area contributed by atoms with Crippen LogP contribution in [0.4, 0.5) is 10.1 Å². The SMILES string of the molecule is COc1ccc(CNC(=O)c2cccc(S(=O)(=O)Nc3ccccc3F)c2)cc1. The normalized spacial score (nSPS) is 11.0. The fraction of sp³-hybridized carbons (Fsp3) is 0.0952. The van der Waals surface area contributed by atoms with Crippen LogP contribution in [0.15, 0.2) is 77.7 Å². The van der Waals surface area contributed by atoms with Gasteiger partial charge < -0.3 is 10.1 Å². The van der Waals surface area contributed by atoms with E-state index in [-0.39, 0.29) is 22.7 Å². The van der Waals surface area contributed by atoms with Gasteiger partial charge in [-0.05, 0) is 48.0 Å². The molecule has 0 fully saturated rings. The summed E-state index contributed by atoms with van der Waals surface area (Å²) in [7, 11) is -2.48. The van der Waals surface area contributed by atoms with Gasteiger partial charge in [0.1, 0.15) is 11.6 Å². The molecule has 8 heteroatoms. The molecule has 2 N–H and O–H groups in total. The van der Waals surface area contributed by atoms with Gasteiger partial charge in [0.25, 0.3) is 15.9 Å². The van der Waals surface area contributed by atoms with Crippen molar-refractivity contribution in [2.45, 2.75) is 11.4 Å². The number of halogens is 1. The maximum absolute atomic E-state index is 13.8. The Kier molecular flexibility index (Phi) is 6.13. The van der Waals surface area contributed by atoms with Crippen LogP contribution in [0.5, 0.6) is 5.75 Å². The van der Waals surface area contributed by atoms with Crippen molar-refractivity contribution in [3.8, 4) is 5.75 Å². The molecule has 0 saturated heterocycles. The van der Waals surface area contributed by atoms with Crippen molar-refractivity contribution in [3.05, 3.63) is 89.7 Å². The minimum absolute atomic E-state index is 0.141. The first-order valence-corrected chi connectivity index (χ1v) is 10.2. The molecule has 0 atom stereocenters. The van der Waals surface area contributed by atoms with E-state index in [1.165, 1.54) is 42.5 Å². The van der Waals surface area contributed by atoms with Crippen molar-refractivity contribution in [2.24, 2.45) is 0 Å². The zero-order valence-corrected chi connectivity index (χ0v) is 16.4. The van der Waals surface area contributed by atoms with Crippen molar-refractivity contribution in [2.75, 3.05) is 11.8 Å². The van der Waals surface area contributed by atoms with Gasteiger partial charge in [0, 0.05) is 12.1 Å². The van der Waals surface area contributed by atoms with Gasteiger partial charge in [-0.2, -0.15) is 0 Å². The first-order valence-electron chi connectivity index (χ1n) is 8.67. The number of anilines is 1. The molecule has 3 aromatic carbocycles. The molecule has 0 bridgehead atoms. The summed E-state index contributed by atoms with van der Waals surface area (Å²) in [5.41, 5.74) is 0.876. The van der Waals surface area contributed by atoms with Gasteiger partial charge in [-0.1, -0.05) is 30.3 Å². The Morgan fingerprint density at radius 1 is 1.00 bits per heavy atom. The molecule has 0 aromatic heterocycles. The van der Waals surface area contributed by atoms with Gasteiger partial charge in [0.2, 0.25) is 0 Å². The molecule has 29 heavy (non-hydrogen) atoms. The number of methoxy groups -OCH3 is 1. The van der Waals surface area contributed by atoms with Gasteiger partial charge in [0.05, 0.1) is 17.7 Å². The number of hydrogen-bond acceptors (Lipinski definition) is 4. The molecular formula is C21H19FN2O4S. The molecule has 3 aromatic rings. The number of nitrogens with one attached hydrogen (secondary N) is 2. The van der Waals surface area contributed by atoms with E-state index in [1.807, 2.05) is 12.1 Å². The topological polar surface area (TPSA) is 84.5 Å². The van der Waals surface area contributed by atoms with E-state index in [2.05, 4.69) is 10.0 Å². The summed E-state index contributed by atoms with van der Waals surface area (Å²) < 4.78 is 46.1. The molecule has 0 heterocycles. The highest BCUT2D eigenvalue weighted by Gasteiger charge is 2.18. The van der Waals surface area contributed by atoms with Crippen LogP contribution in [0.25, 0.3) is 0 Å². The number of para-hydroxylation sites is 1. The Hall–Kier alpha value is -3.39. The minimum Gasteiger partial charge on any atom is -0.497 e. The molecule has 0 aliphatic heterocycles. The second-order valence-electron chi connectivity index (χ2n) is 6.14. The molecular weight excluding hydrogens is 395 g/mol. The largest absolute Gasteiger partial charge is 0.497 e. The number of amides is 1.